The molecule has 1 aromatic rings. The first-order valence-electron chi connectivity index (χ1n) is 5.02. The molecule has 0 aliphatic heterocycles. The summed E-state index contributed by atoms with van der Waals surface area (Å²) < 4.78 is 0. The molecular weight excluding hydrogens is 234 g/mol. The zero-order chi connectivity index (χ0) is 14.0. The summed E-state index contributed by atoms with van der Waals surface area (Å²) in [6.45, 7) is 6.22. The van der Waals surface area contributed by atoms with Crippen molar-refractivity contribution < 1.29 is 19.8 Å². The number of benzene rings is 1. The number of aliphatic hydroxyl groups is 1. The molecule has 0 unspecified atom stereocenters. The maximum Gasteiger partial charge on any atom is 0.327 e. The van der Waals surface area contributed by atoms with Crippen LogP contribution in [-0.4, -0.2) is 28.8 Å². The van der Waals surface area contributed by atoms with E-state index >= 15 is 0 Å². The summed E-state index contributed by atoms with van der Waals surface area (Å²) in [5, 5.41) is 18.3. The third kappa shape index (κ3) is 6.24. The first-order chi connectivity index (χ1) is 8.54. The number of carboxylic acids is 1. The molecule has 1 rings (SSSR count). The first-order valence-corrected chi connectivity index (χ1v) is 5.02. The normalized spacial score (nSPS) is 8.50. The lowest BCUT2D eigenvalue weighted by Gasteiger charge is -2.01. The lowest BCUT2D eigenvalue weighted by Crippen LogP contribution is -2.23. The van der Waals surface area contributed by atoms with Crippen LogP contribution >= 0.6 is 0 Å². The average Bonchev–Trinajstić information content (AvgIpc) is 2.39. The van der Waals surface area contributed by atoms with Crippen molar-refractivity contribution in [2.75, 3.05) is 6.73 Å². The van der Waals surface area contributed by atoms with Crippen LogP contribution in [0.25, 0.3) is 6.08 Å². The predicted molar refractivity (Wildman–Crippen MR) is 68.9 cm³/mol. The van der Waals surface area contributed by atoms with Crippen LogP contribution in [0.1, 0.15) is 15.9 Å². The van der Waals surface area contributed by atoms with Crippen LogP contribution < -0.4 is 5.32 Å². The second kappa shape index (κ2) is 8.72. The Morgan fingerprint density at radius 3 is 2.06 bits per heavy atom. The zero-order valence-electron chi connectivity index (χ0n) is 9.80. The summed E-state index contributed by atoms with van der Waals surface area (Å²) in [6, 6.07) is 6.95. The van der Waals surface area contributed by atoms with Gasteiger partial charge >= 0.3 is 5.97 Å². The van der Waals surface area contributed by atoms with Gasteiger partial charge in [-0.05, 0) is 17.7 Å². The fourth-order valence-corrected chi connectivity index (χ4v) is 0.944. The van der Waals surface area contributed by atoms with Gasteiger partial charge < -0.3 is 15.5 Å². The van der Waals surface area contributed by atoms with E-state index in [1.807, 2.05) is 0 Å². The molecule has 0 saturated heterocycles. The van der Waals surface area contributed by atoms with Gasteiger partial charge in [0.15, 0.2) is 0 Å². The molecule has 0 bridgehead atoms. The maximum absolute atomic E-state index is 11.1. The smallest absolute Gasteiger partial charge is 0.327 e. The Hall–Kier alpha value is -2.40. The van der Waals surface area contributed by atoms with Crippen LogP contribution in [0.4, 0.5) is 0 Å². The molecule has 1 aromatic carbocycles. The summed E-state index contributed by atoms with van der Waals surface area (Å²) >= 11 is 0. The second-order valence-electron chi connectivity index (χ2n) is 3.03. The monoisotopic (exact) mass is 249 g/mol. The minimum Gasteiger partial charge on any atom is -0.478 e. The average molecular weight is 249 g/mol. The van der Waals surface area contributed by atoms with E-state index in [1.165, 1.54) is 0 Å². The Morgan fingerprint density at radius 2 is 1.72 bits per heavy atom. The van der Waals surface area contributed by atoms with Gasteiger partial charge in [-0.3, -0.25) is 4.79 Å². The summed E-state index contributed by atoms with van der Waals surface area (Å²) in [7, 11) is 0. The number of hydrogen-bond donors (Lipinski definition) is 3. The Labute approximate surface area is 105 Å². The Morgan fingerprint density at radius 1 is 1.22 bits per heavy atom. The van der Waals surface area contributed by atoms with Gasteiger partial charge in [0.25, 0.3) is 5.91 Å². The minimum absolute atomic E-state index is 0.280. The molecule has 0 aliphatic carbocycles. The van der Waals surface area contributed by atoms with Crippen LogP contribution in [0.3, 0.4) is 0 Å². The van der Waals surface area contributed by atoms with E-state index in [2.05, 4.69) is 18.5 Å². The number of aliphatic hydroxyl groups excluding tert-OH is 1. The maximum atomic E-state index is 11.1. The summed E-state index contributed by atoms with van der Waals surface area (Å²) in [5.74, 6) is -1.26. The molecule has 18 heavy (non-hydrogen) atoms. The van der Waals surface area contributed by atoms with Gasteiger partial charge in [-0.25, -0.2) is 4.79 Å². The molecule has 0 fully saturated rings. The first kappa shape index (κ1) is 15.6. The van der Waals surface area contributed by atoms with Gasteiger partial charge in [-0.15, -0.1) is 0 Å². The number of carbonyl (C=O) groups excluding carboxylic acids is 1. The molecule has 1 amide bonds. The highest BCUT2D eigenvalue weighted by molar-refractivity contribution is 5.94. The molecule has 5 heteroatoms. The standard InChI is InChI=1S/C10H11NO2.C3H4O2/c1-2-8-3-5-9(6-4-8)10(13)11-7-12;1-2-3(4)5/h2-6,12H,1,7H2,(H,11,13);2H,1H2,(H,4,5). The van der Waals surface area contributed by atoms with Crippen LogP contribution in [-0.2, 0) is 4.79 Å². The van der Waals surface area contributed by atoms with E-state index in [1.54, 1.807) is 30.3 Å². The molecular formula is C13H15NO4. The van der Waals surface area contributed by atoms with E-state index in [9.17, 15) is 9.59 Å². The van der Waals surface area contributed by atoms with Crippen molar-refractivity contribution in [1.29, 1.82) is 0 Å². The second-order valence-corrected chi connectivity index (χ2v) is 3.03. The SMILES string of the molecule is C=CC(=O)O.C=Cc1ccc(C(=O)NCO)cc1. The summed E-state index contributed by atoms with van der Waals surface area (Å²) in [4.78, 5) is 20.4. The lowest BCUT2D eigenvalue weighted by molar-refractivity contribution is -0.131. The molecule has 5 nitrogen and oxygen atoms in total. The van der Waals surface area contributed by atoms with Crippen LogP contribution in [0, 0.1) is 0 Å². The molecule has 96 valence electrons. The summed E-state index contributed by atoms with van der Waals surface area (Å²) in [6.07, 6.45) is 2.54. The molecule has 0 saturated carbocycles. The quantitative estimate of drug-likeness (QED) is 0.554. The van der Waals surface area contributed by atoms with Gasteiger partial charge in [0.1, 0.15) is 6.73 Å². The van der Waals surface area contributed by atoms with Gasteiger partial charge in [0.05, 0.1) is 0 Å². The molecule has 0 spiro atoms. The largest absolute Gasteiger partial charge is 0.478 e. The highest BCUT2D eigenvalue weighted by Gasteiger charge is 2.01. The number of carbonyl (C=O) groups is 2. The number of carboxylic acid groups (broad SMARTS) is 1. The highest BCUT2D eigenvalue weighted by Crippen LogP contribution is 2.04. The van der Waals surface area contributed by atoms with Crippen LogP contribution in [0.15, 0.2) is 43.5 Å². The van der Waals surface area contributed by atoms with Crippen molar-refractivity contribution in [2.24, 2.45) is 0 Å². The van der Waals surface area contributed by atoms with Crippen molar-refractivity contribution in [3.05, 3.63) is 54.6 Å². The van der Waals surface area contributed by atoms with Crippen molar-refractivity contribution in [3.63, 3.8) is 0 Å². The number of aliphatic carboxylic acids is 1. The number of hydrogen-bond acceptors (Lipinski definition) is 3. The van der Waals surface area contributed by atoms with Gasteiger partial charge in [-0.2, -0.15) is 0 Å². The van der Waals surface area contributed by atoms with Crippen molar-refractivity contribution in [2.45, 2.75) is 0 Å². The number of nitrogens with one attached hydrogen (secondary N) is 1. The van der Waals surface area contributed by atoms with E-state index in [4.69, 9.17) is 10.2 Å². The van der Waals surface area contributed by atoms with Gasteiger partial charge in [0.2, 0.25) is 0 Å². The number of amides is 1. The highest BCUT2D eigenvalue weighted by atomic mass is 16.4. The van der Waals surface area contributed by atoms with Crippen LogP contribution in [0.2, 0.25) is 0 Å². The Balaban J connectivity index is 0.000000494. The van der Waals surface area contributed by atoms with E-state index in [-0.39, 0.29) is 12.6 Å². The van der Waals surface area contributed by atoms with E-state index in [0.717, 1.165) is 11.6 Å². The zero-order valence-corrected chi connectivity index (χ0v) is 9.80. The van der Waals surface area contributed by atoms with Gasteiger partial charge in [-0.1, -0.05) is 31.4 Å². The molecule has 0 aliphatic rings. The predicted octanol–water partition coefficient (Wildman–Crippen LogP) is 1.27. The topological polar surface area (TPSA) is 86.6 Å². The van der Waals surface area contributed by atoms with Crippen molar-refractivity contribution >= 4 is 18.0 Å². The fourth-order valence-electron chi connectivity index (χ4n) is 0.944. The van der Waals surface area contributed by atoms with Crippen molar-refractivity contribution in [1.82, 2.24) is 5.32 Å². The molecule has 3 N–H and O–H groups in total. The molecule has 0 heterocycles. The van der Waals surface area contributed by atoms with E-state index < -0.39 is 5.97 Å². The summed E-state index contributed by atoms with van der Waals surface area (Å²) in [5.41, 5.74) is 1.49. The van der Waals surface area contributed by atoms with E-state index in [0.29, 0.717) is 5.56 Å². The molecule has 0 atom stereocenters. The van der Waals surface area contributed by atoms with Crippen molar-refractivity contribution in [3.8, 4) is 0 Å². The Bertz CT molecular complexity index is 423. The lowest BCUT2D eigenvalue weighted by atomic mass is 10.1. The minimum atomic E-state index is -0.981. The number of rotatable bonds is 4. The molecule has 0 aromatic heterocycles. The fraction of sp³-hybridized carbons (Fsp3) is 0.0769. The Kier molecular flexibility index (Phi) is 7.56. The third-order valence-corrected chi connectivity index (χ3v) is 1.82. The van der Waals surface area contributed by atoms with Crippen LogP contribution in [0.5, 0.6) is 0 Å². The third-order valence-electron chi connectivity index (χ3n) is 1.82. The van der Waals surface area contributed by atoms with Gasteiger partial charge in [0, 0.05) is 11.6 Å². The molecule has 0 radical (unpaired) electrons.